The maximum atomic E-state index is 13.5. The van der Waals surface area contributed by atoms with Gasteiger partial charge in [0.2, 0.25) is 0 Å². The zero-order chi connectivity index (χ0) is 23.3. The number of benzene rings is 3. The van der Waals surface area contributed by atoms with Crippen LogP contribution in [0.25, 0.3) is 16.3 Å². The Morgan fingerprint density at radius 1 is 0.765 bits per heavy atom. The van der Waals surface area contributed by atoms with E-state index in [1.165, 1.54) is 46.0 Å². The molecule has 0 aromatic heterocycles. The first-order chi connectivity index (χ1) is 16.5. The van der Waals surface area contributed by atoms with Gasteiger partial charge in [-0.1, -0.05) is 48.1 Å². The molecule has 174 valence electrons. The number of anilines is 2. The van der Waals surface area contributed by atoms with Gasteiger partial charge in [0.25, 0.3) is 0 Å². The van der Waals surface area contributed by atoms with Crippen LogP contribution in [0.15, 0.2) is 72.3 Å². The fourth-order valence-electron chi connectivity index (χ4n) is 5.82. The van der Waals surface area contributed by atoms with Crippen LogP contribution in [-0.4, -0.2) is 26.2 Å². The van der Waals surface area contributed by atoms with Crippen LogP contribution in [-0.2, 0) is 12.6 Å². The number of hydrogen-bond donors (Lipinski definition) is 0. The first kappa shape index (κ1) is 21.3. The van der Waals surface area contributed by atoms with E-state index in [9.17, 15) is 13.2 Å². The molecule has 0 bridgehead atoms. The molecular formula is C29H27F3N2. The van der Waals surface area contributed by atoms with Crippen LogP contribution in [0.5, 0.6) is 0 Å². The molecule has 3 aromatic rings. The van der Waals surface area contributed by atoms with Gasteiger partial charge in [0.15, 0.2) is 0 Å². The highest BCUT2D eigenvalue weighted by molar-refractivity contribution is 5.95. The topological polar surface area (TPSA) is 6.48 Å². The fraction of sp³-hybridized carbons (Fsp3) is 0.310. The molecule has 6 rings (SSSR count). The molecule has 1 saturated heterocycles. The van der Waals surface area contributed by atoms with Gasteiger partial charge in [-0.15, -0.1) is 0 Å². The van der Waals surface area contributed by atoms with Crippen LogP contribution in [0, 0.1) is 0 Å². The number of piperazine rings is 1. The van der Waals surface area contributed by atoms with Gasteiger partial charge in [0.05, 0.1) is 5.56 Å². The highest BCUT2D eigenvalue weighted by Gasteiger charge is 2.35. The minimum atomic E-state index is -4.34. The Balaban J connectivity index is 1.24. The van der Waals surface area contributed by atoms with E-state index < -0.39 is 11.7 Å². The summed E-state index contributed by atoms with van der Waals surface area (Å²) in [5.41, 5.74) is 6.72. The molecule has 2 aliphatic carbocycles. The molecule has 0 N–H and O–H groups in total. The molecule has 5 heteroatoms. The van der Waals surface area contributed by atoms with Gasteiger partial charge in [0.1, 0.15) is 0 Å². The predicted octanol–water partition coefficient (Wildman–Crippen LogP) is 7.24. The van der Waals surface area contributed by atoms with Gasteiger partial charge in [-0.2, -0.15) is 13.2 Å². The molecule has 1 aliphatic heterocycles. The van der Waals surface area contributed by atoms with Crippen molar-refractivity contribution in [1.29, 1.82) is 0 Å². The van der Waals surface area contributed by atoms with Crippen molar-refractivity contribution in [2.24, 2.45) is 0 Å². The molecule has 3 aromatic carbocycles. The van der Waals surface area contributed by atoms with Crippen LogP contribution in [0.4, 0.5) is 24.5 Å². The highest BCUT2D eigenvalue weighted by atomic mass is 19.4. The molecule has 0 radical (unpaired) electrons. The van der Waals surface area contributed by atoms with Crippen LogP contribution in [0.2, 0.25) is 0 Å². The molecule has 0 amide bonds. The zero-order valence-corrected chi connectivity index (χ0v) is 19.0. The second kappa shape index (κ2) is 8.23. The van der Waals surface area contributed by atoms with Crippen molar-refractivity contribution < 1.29 is 13.2 Å². The summed E-state index contributed by atoms with van der Waals surface area (Å²) in [4.78, 5) is 4.15. The summed E-state index contributed by atoms with van der Waals surface area (Å²) in [7, 11) is 0. The standard InChI is InChI=1S/C29H27F3N2/c30-29(31,32)27-7-3-4-8-28(27)34-17-15-33(16-18-34)22-11-14-24-21(19-22)10-13-25-23-6-2-1-5-20(23)9-12-26(24)25/h2-4,6-8,10-11,13-14,19H,1,5,9,12,15-18H2. The van der Waals surface area contributed by atoms with Crippen molar-refractivity contribution in [3.63, 3.8) is 0 Å². The maximum Gasteiger partial charge on any atom is 0.418 e. The van der Waals surface area contributed by atoms with Gasteiger partial charge < -0.3 is 9.80 Å². The smallest absolute Gasteiger partial charge is 0.368 e. The number of rotatable bonds is 2. The highest BCUT2D eigenvalue weighted by Crippen LogP contribution is 2.41. The lowest BCUT2D eigenvalue weighted by Gasteiger charge is -2.38. The minimum Gasteiger partial charge on any atom is -0.368 e. The third-order valence-electron chi connectivity index (χ3n) is 7.56. The Kier molecular flexibility index (Phi) is 5.16. The number of halogens is 3. The third-order valence-corrected chi connectivity index (χ3v) is 7.56. The Morgan fingerprint density at radius 2 is 1.56 bits per heavy atom. The van der Waals surface area contributed by atoms with Crippen molar-refractivity contribution in [1.82, 2.24) is 0 Å². The number of allylic oxidation sites excluding steroid dienone is 4. The summed E-state index contributed by atoms with van der Waals surface area (Å²) in [5.74, 6) is 0. The molecule has 1 fully saturated rings. The second-order valence-corrected chi connectivity index (χ2v) is 9.44. The number of fused-ring (bicyclic) bond motifs is 4. The Morgan fingerprint density at radius 3 is 2.38 bits per heavy atom. The molecule has 0 unspecified atom stereocenters. The van der Waals surface area contributed by atoms with Crippen LogP contribution in [0.3, 0.4) is 0 Å². The number of alkyl halides is 3. The predicted molar refractivity (Wildman–Crippen MR) is 133 cm³/mol. The van der Waals surface area contributed by atoms with Crippen molar-refractivity contribution in [2.75, 3.05) is 36.0 Å². The molecule has 0 atom stereocenters. The minimum absolute atomic E-state index is 0.283. The Bertz CT molecular complexity index is 1310. The van der Waals surface area contributed by atoms with E-state index in [1.54, 1.807) is 17.7 Å². The Hall–Kier alpha value is -3.21. The number of aryl methyl sites for hydroxylation is 1. The molecule has 1 heterocycles. The number of para-hydroxylation sites is 1. The van der Waals surface area contributed by atoms with Gasteiger partial charge >= 0.3 is 6.18 Å². The number of hydrogen-bond acceptors (Lipinski definition) is 2. The van der Waals surface area contributed by atoms with Crippen LogP contribution in [0.1, 0.15) is 36.0 Å². The molecule has 0 saturated carbocycles. The summed E-state index contributed by atoms with van der Waals surface area (Å²) >= 11 is 0. The average Bonchev–Trinajstić information content (AvgIpc) is 2.87. The molecular weight excluding hydrogens is 433 g/mol. The van der Waals surface area contributed by atoms with E-state index in [2.05, 4.69) is 47.4 Å². The average molecular weight is 461 g/mol. The first-order valence-electron chi connectivity index (χ1n) is 12.1. The SMILES string of the molecule is FC(F)(F)c1ccccc1N1CCN(c2ccc3c4c(ccc3c2)C2=C(CCC=C2)CC4)CC1. The monoisotopic (exact) mass is 460 g/mol. The summed E-state index contributed by atoms with van der Waals surface area (Å²) in [6, 6.07) is 17.1. The summed E-state index contributed by atoms with van der Waals surface area (Å²) in [6.07, 6.45) is 4.82. The van der Waals surface area contributed by atoms with E-state index in [1.807, 2.05) is 4.90 Å². The van der Waals surface area contributed by atoms with Gasteiger partial charge in [0, 0.05) is 37.6 Å². The van der Waals surface area contributed by atoms with E-state index in [4.69, 9.17) is 0 Å². The summed E-state index contributed by atoms with van der Waals surface area (Å²) < 4.78 is 40.4. The van der Waals surface area contributed by atoms with Crippen LogP contribution >= 0.6 is 0 Å². The lowest BCUT2D eigenvalue weighted by molar-refractivity contribution is -0.137. The molecule has 34 heavy (non-hydrogen) atoms. The number of nitrogens with zero attached hydrogens (tertiary/aromatic N) is 2. The largest absolute Gasteiger partial charge is 0.418 e. The van der Waals surface area contributed by atoms with Crippen molar-refractivity contribution in [3.8, 4) is 0 Å². The zero-order valence-electron chi connectivity index (χ0n) is 19.0. The normalized spacial score (nSPS) is 18.3. The summed E-state index contributed by atoms with van der Waals surface area (Å²) in [5, 5.41) is 2.56. The molecule has 0 spiro atoms. The molecule has 3 aliphatic rings. The third kappa shape index (κ3) is 3.67. The van der Waals surface area contributed by atoms with Gasteiger partial charge in [-0.3, -0.25) is 0 Å². The van der Waals surface area contributed by atoms with Crippen molar-refractivity contribution >= 4 is 27.7 Å². The fourth-order valence-corrected chi connectivity index (χ4v) is 5.82. The van der Waals surface area contributed by atoms with E-state index in [0.29, 0.717) is 26.2 Å². The quantitative estimate of drug-likeness (QED) is 0.398. The van der Waals surface area contributed by atoms with Crippen molar-refractivity contribution in [2.45, 2.75) is 31.9 Å². The second-order valence-electron chi connectivity index (χ2n) is 9.44. The van der Waals surface area contributed by atoms with E-state index >= 15 is 0 Å². The lowest BCUT2D eigenvalue weighted by atomic mass is 9.79. The van der Waals surface area contributed by atoms with Gasteiger partial charge in [-0.05, 0) is 77.4 Å². The summed E-state index contributed by atoms with van der Waals surface area (Å²) in [6.45, 7) is 2.53. The van der Waals surface area contributed by atoms with Crippen molar-refractivity contribution in [3.05, 3.63) is 89.0 Å². The maximum absolute atomic E-state index is 13.5. The molecule has 2 nitrogen and oxygen atoms in total. The lowest BCUT2D eigenvalue weighted by Crippen LogP contribution is -2.47. The van der Waals surface area contributed by atoms with Crippen LogP contribution < -0.4 is 9.80 Å². The Labute approximate surface area is 198 Å². The first-order valence-corrected chi connectivity index (χ1v) is 12.1. The van der Waals surface area contributed by atoms with E-state index in [-0.39, 0.29) is 5.69 Å². The van der Waals surface area contributed by atoms with Gasteiger partial charge in [-0.25, -0.2) is 0 Å². The van der Waals surface area contributed by atoms with E-state index in [0.717, 1.165) is 24.9 Å².